The number of hydrogen-bond donors (Lipinski definition) is 1. The third kappa shape index (κ3) is 2.69. The number of amides is 3. The number of imide groups is 1. The first-order chi connectivity index (χ1) is 9.79. The smallest absolute Gasteiger partial charge is 0.319 e. The molecule has 0 aliphatic carbocycles. The number of hydrogen-bond acceptors (Lipinski definition) is 3. The zero-order valence-corrected chi connectivity index (χ0v) is 13.0. The summed E-state index contributed by atoms with van der Waals surface area (Å²) in [6, 6.07) is 6.20. The summed E-state index contributed by atoms with van der Waals surface area (Å²) >= 11 is 12.0. The molecule has 5 nitrogen and oxygen atoms in total. The van der Waals surface area contributed by atoms with Gasteiger partial charge in [0.2, 0.25) is 0 Å². The van der Waals surface area contributed by atoms with Crippen LogP contribution in [0.2, 0.25) is 10.0 Å². The van der Waals surface area contributed by atoms with E-state index < -0.39 is 23.4 Å². The molecule has 1 fully saturated rings. The lowest BCUT2D eigenvalue weighted by atomic mass is 9.92. The second kappa shape index (κ2) is 5.55. The number of halogens is 2. The van der Waals surface area contributed by atoms with Crippen LogP contribution >= 0.6 is 23.2 Å². The van der Waals surface area contributed by atoms with E-state index in [4.69, 9.17) is 28.5 Å². The summed E-state index contributed by atoms with van der Waals surface area (Å²) in [5.74, 6) is -0.874. The van der Waals surface area contributed by atoms with Crippen molar-refractivity contribution in [2.45, 2.75) is 19.4 Å². The molecule has 0 aromatic heterocycles. The van der Waals surface area contributed by atoms with Crippen molar-refractivity contribution >= 4 is 35.1 Å². The summed E-state index contributed by atoms with van der Waals surface area (Å²) in [6.45, 7) is 3.27. The molecule has 1 heterocycles. The van der Waals surface area contributed by atoms with Gasteiger partial charge in [0.15, 0.2) is 0 Å². The maximum absolute atomic E-state index is 12.6. The van der Waals surface area contributed by atoms with Gasteiger partial charge in [-0.1, -0.05) is 29.3 Å². The summed E-state index contributed by atoms with van der Waals surface area (Å²) in [6.07, 6.45) is 0. The number of nitrogens with zero attached hydrogens (tertiary/aromatic N) is 2. The van der Waals surface area contributed by atoms with Crippen molar-refractivity contribution in [1.29, 1.82) is 5.26 Å². The molecule has 2 atom stereocenters. The molecule has 1 aliphatic heterocycles. The summed E-state index contributed by atoms with van der Waals surface area (Å²) in [4.78, 5) is 25.6. The molecule has 7 heteroatoms. The van der Waals surface area contributed by atoms with Crippen LogP contribution in [0.3, 0.4) is 0 Å². The lowest BCUT2D eigenvalue weighted by Crippen LogP contribution is -2.41. The van der Waals surface area contributed by atoms with Crippen molar-refractivity contribution in [1.82, 2.24) is 10.2 Å². The van der Waals surface area contributed by atoms with E-state index >= 15 is 0 Å². The maximum Gasteiger partial charge on any atom is 0.325 e. The second-order valence-electron chi connectivity index (χ2n) is 5.13. The van der Waals surface area contributed by atoms with E-state index in [1.807, 2.05) is 6.07 Å². The number of benzene rings is 1. The molecule has 0 bridgehead atoms. The fraction of sp³-hybridized carbons (Fsp3) is 0.357. The molecular formula is C14H13Cl2N3O2. The number of carbonyl (C=O) groups excluding carboxylic acids is 2. The molecule has 21 heavy (non-hydrogen) atoms. The van der Waals surface area contributed by atoms with Gasteiger partial charge in [0, 0.05) is 22.2 Å². The summed E-state index contributed by atoms with van der Waals surface area (Å²) < 4.78 is 0. The highest BCUT2D eigenvalue weighted by Crippen LogP contribution is 2.35. The average molecular weight is 326 g/mol. The Kier molecular flexibility index (Phi) is 4.13. The van der Waals surface area contributed by atoms with Gasteiger partial charge in [0.1, 0.15) is 5.54 Å². The molecular weight excluding hydrogens is 313 g/mol. The zero-order chi connectivity index (χ0) is 15.8. The Bertz CT molecular complexity index is 656. The van der Waals surface area contributed by atoms with Gasteiger partial charge in [-0.3, -0.25) is 9.69 Å². The van der Waals surface area contributed by atoms with Crippen LogP contribution in [0, 0.1) is 17.2 Å². The van der Waals surface area contributed by atoms with Crippen LogP contribution in [-0.4, -0.2) is 23.4 Å². The molecule has 0 radical (unpaired) electrons. The average Bonchev–Trinajstić information content (AvgIpc) is 2.62. The largest absolute Gasteiger partial charge is 0.325 e. The summed E-state index contributed by atoms with van der Waals surface area (Å²) in [7, 11) is 0. The monoisotopic (exact) mass is 325 g/mol. The first-order valence-electron chi connectivity index (χ1n) is 6.29. The molecule has 1 saturated heterocycles. The quantitative estimate of drug-likeness (QED) is 0.868. The molecule has 1 aromatic carbocycles. The number of urea groups is 1. The lowest BCUT2D eigenvalue weighted by molar-refractivity contribution is -0.131. The highest BCUT2D eigenvalue weighted by atomic mass is 35.5. The van der Waals surface area contributed by atoms with Crippen LogP contribution in [0.25, 0.3) is 0 Å². The van der Waals surface area contributed by atoms with E-state index in [2.05, 4.69) is 5.32 Å². The van der Waals surface area contributed by atoms with E-state index in [9.17, 15) is 9.59 Å². The van der Waals surface area contributed by atoms with E-state index in [1.165, 1.54) is 6.07 Å². The normalized spacial score (nSPS) is 22.9. The van der Waals surface area contributed by atoms with Crippen molar-refractivity contribution in [3.8, 4) is 6.07 Å². The Morgan fingerprint density at radius 1 is 1.43 bits per heavy atom. The molecule has 1 aromatic rings. The highest BCUT2D eigenvalue weighted by Gasteiger charge is 2.50. The first kappa shape index (κ1) is 15.6. The van der Waals surface area contributed by atoms with Gasteiger partial charge in [-0.25, -0.2) is 4.79 Å². The lowest BCUT2D eigenvalue weighted by Gasteiger charge is -2.23. The highest BCUT2D eigenvalue weighted by molar-refractivity contribution is 6.35. The van der Waals surface area contributed by atoms with Crippen LogP contribution in [0.1, 0.15) is 19.4 Å². The van der Waals surface area contributed by atoms with Gasteiger partial charge in [0.05, 0.1) is 12.0 Å². The molecule has 110 valence electrons. The Hall–Kier alpha value is -1.77. The Labute approximate surface area is 132 Å². The van der Waals surface area contributed by atoms with Crippen molar-refractivity contribution in [2.24, 2.45) is 5.92 Å². The van der Waals surface area contributed by atoms with E-state index in [0.717, 1.165) is 4.90 Å². The third-order valence-electron chi connectivity index (χ3n) is 3.42. The summed E-state index contributed by atoms with van der Waals surface area (Å²) in [5, 5.41) is 12.2. The Morgan fingerprint density at radius 3 is 2.67 bits per heavy atom. The topological polar surface area (TPSA) is 73.2 Å². The predicted molar refractivity (Wildman–Crippen MR) is 78.8 cm³/mol. The number of rotatable bonds is 3. The van der Waals surface area contributed by atoms with Crippen molar-refractivity contribution in [3.05, 3.63) is 33.8 Å². The van der Waals surface area contributed by atoms with Crippen LogP contribution in [0.4, 0.5) is 4.79 Å². The van der Waals surface area contributed by atoms with Gasteiger partial charge in [-0.15, -0.1) is 0 Å². The fourth-order valence-corrected chi connectivity index (χ4v) is 2.85. The van der Waals surface area contributed by atoms with Gasteiger partial charge in [-0.05, 0) is 26.0 Å². The number of carbonyl (C=O) groups is 2. The van der Waals surface area contributed by atoms with Crippen LogP contribution < -0.4 is 5.32 Å². The third-order valence-corrected chi connectivity index (χ3v) is 3.97. The van der Waals surface area contributed by atoms with E-state index in [1.54, 1.807) is 26.0 Å². The minimum absolute atomic E-state index is 0.0436. The predicted octanol–water partition coefficient (Wildman–Crippen LogP) is 2.92. The molecule has 1 N–H and O–H groups in total. The first-order valence-corrected chi connectivity index (χ1v) is 7.04. The zero-order valence-electron chi connectivity index (χ0n) is 11.5. The van der Waals surface area contributed by atoms with Crippen molar-refractivity contribution in [3.63, 3.8) is 0 Å². The molecule has 0 unspecified atom stereocenters. The molecule has 0 saturated carbocycles. The van der Waals surface area contributed by atoms with E-state index in [0.29, 0.717) is 15.6 Å². The Morgan fingerprint density at radius 2 is 2.10 bits per heavy atom. The molecule has 1 aliphatic rings. The number of nitriles is 1. The van der Waals surface area contributed by atoms with Crippen LogP contribution in [-0.2, 0) is 10.3 Å². The van der Waals surface area contributed by atoms with Gasteiger partial charge in [0.25, 0.3) is 5.91 Å². The van der Waals surface area contributed by atoms with Gasteiger partial charge >= 0.3 is 6.03 Å². The minimum Gasteiger partial charge on any atom is -0.319 e. The van der Waals surface area contributed by atoms with E-state index in [-0.39, 0.29) is 6.54 Å². The minimum atomic E-state index is -1.26. The maximum atomic E-state index is 12.6. The fourth-order valence-electron chi connectivity index (χ4n) is 2.25. The van der Waals surface area contributed by atoms with Crippen molar-refractivity contribution in [2.75, 3.05) is 6.54 Å². The second-order valence-corrected chi connectivity index (χ2v) is 5.97. The summed E-state index contributed by atoms with van der Waals surface area (Å²) in [5.41, 5.74) is -0.785. The number of nitrogens with one attached hydrogen (secondary N) is 1. The standard InChI is InChI=1S/C14H13Cl2N3O2/c1-8(6-17)7-19-12(20)14(2,18-13(19)21)10-4-3-9(15)5-11(10)16/h3-5,8H,7H2,1-2H3,(H,18,21)/t8-,14-/m0/s1. The van der Waals surface area contributed by atoms with Crippen molar-refractivity contribution < 1.29 is 9.59 Å². The molecule has 3 amide bonds. The van der Waals surface area contributed by atoms with Gasteiger partial charge in [-0.2, -0.15) is 5.26 Å². The van der Waals surface area contributed by atoms with Crippen LogP contribution in [0.5, 0.6) is 0 Å². The van der Waals surface area contributed by atoms with Gasteiger partial charge < -0.3 is 5.32 Å². The van der Waals surface area contributed by atoms with Crippen LogP contribution in [0.15, 0.2) is 18.2 Å². The molecule has 0 spiro atoms. The SMILES string of the molecule is C[C@@H](C#N)CN1C(=O)N[C@@](C)(c2ccc(Cl)cc2Cl)C1=O. The Balaban J connectivity index is 2.38. The molecule has 2 rings (SSSR count).